The molecule has 1 unspecified atom stereocenters. The molecule has 0 aliphatic rings. The Labute approximate surface area is 90.9 Å². The number of ether oxygens (including phenoxy) is 3. The lowest BCUT2D eigenvalue weighted by Gasteiger charge is -2.22. The van der Waals surface area contributed by atoms with Crippen LogP contribution in [0.5, 0.6) is 0 Å². The SMILES string of the molecule is COCCOCC(N)C(=O)OC(C)(C)C. The lowest BCUT2D eigenvalue weighted by molar-refractivity contribution is -0.158. The molecule has 5 nitrogen and oxygen atoms in total. The Kier molecular flexibility index (Phi) is 6.47. The van der Waals surface area contributed by atoms with Crippen molar-refractivity contribution in [1.82, 2.24) is 0 Å². The van der Waals surface area contributed by atoms with Gasteiger partial charge in [0.15, 0.2) is 0 Å². The fourth-order valence-corrected chi connectivity index (χ4v) is 0.798. The average Bonchev–Trinajstić information content (AvgIpc) is 2.09. The van der Waals surface area contributed by atoms with Crippen LogP contribution in [0.15, 0.2) is 0 Å². The molecule has 0 aromatic rings. The number of hydrogen-bond donors (Lipinski definition) is 1. The van der Waals surface area contributed by atoms with Crippen LogP contribution in [-0.2, 0) is 19.0 Å². The van der Waals surface area contributed by atoms with Crippen molar-refractivity contribution in [2.24, 2.45) is 5.73 Å². The Balaban J connectivity index is 3.70. The van der Waals surface area contributed by atoms with E-state index in [2.05, 4.69) is 0 Å². The van der Waals surface area contributed by atoms with Gasteiger partial charge in [-0.1, -0.05) is 0 Å². The molecule has 0 spiro atoms. The van der Waals surface area contributed by atoms with Crippen LogP contribution >= 0.6 is 0 Å². The van der Waals surface area contributed by atoms with E-state index in [1.807, 2.05) is 0 Å². The highest BCUT2D eigenvalue weighted by Crippen LogP contribution is 2.07. The Morgan fingerprint density at radius 2 is 1.93 bits per heavy atom. The van der Waals surface area contributed by atoms with Crippen molar-refractivity contribution < 1.29 is 19.0 Å². The van der Waals surface area contributed by atoms with Gasteiger partial charge in [0.1, 0.15) is 11.6 Å². The fourth-order valence-electron chi connectivity index (χ4n) is 0.798. The maximum atomic E-state index is 11.4. The predicted molar refractivity (Wildman–Crippen MR) is 56.5 cm³/mol. The summed E-state index contributed by atoms with van der Waals surface area (Å²) in [6.07, 6.45) is 0. The van der Waals surface area contributed by atoms with Gasteiger partial charge in [0.2, 0.25) is 0 Å². The van der Waals surface area contributed by atoms with Crippen molar-refractivity contribution in [2.45, 2.75) is 32.4 Å². The van der Waals surface area contributed by atoms with Gasteiger partial charge >= 0.3 is 5.97 Å². The maximum absolute atomic E-state index is 11.4. The number of esters is 1. The molecule has 0 saturated carbocycles. The first-order valence-electron chi connectivity index (χ1n) is 4.92. The molecule has 0 bridgehead atoms. The summed E-state index contributed by atoms with van der Waals surface area (Å²) in [5, 5.41) is 0. The monoisotopic (exact) mass is 219 g/mol. The topological polar surface area (TPSA) is 70.8 Å². The number of carbonyl (C=O) groups is 1. The minimum Gasteiger partial charge on any atom is -0.459 e. The number of rotatable bonds is 6. The summed E-state index contributed by atoms with van der Waals surface area (Å²) >= 11 is 0. The first kappa shape index (κ1) is 14.3. The Morgan fingerprint density at radius 3 is 2.40 bits per heavy atom. The highest BCUT2D eigenvalue weighted by molar-refractivity contribution is 5.76. The van der Waals surface area contributed by atoms with Crippen LogP contribution in [0.4, 0.5) is 0 Å². The van der Waals surface area contributed by atoms with Gasteiger partial charge in [0.25, 0.3) is 0 Å². The second kappa shape index (κ2) is 6.76. The molecule has 0 aliphatic heterocycles. The Hall–Kier alpha value is -0.650. The maximum Gasteiger partial charge on any atom is 0.325 e. The normalized spacial score (nSPS) is 13.7. The second-order valence-electron chi connectivity index (χ2n) is 4.21. The van der Waals surface area contributed by atoms with E-state index in [1.165, 1.54) is 0 Å². The van der Waals surface area contributed by atoms with E-state index >= 15 is 0 Å². The zero-order valence-corrected chi connectivity index (χ0v) is 9.91. The predicted octanol–water partition coefficient (Wildman–Crippen LogP) is 0.318. The molecule has 0 rings (SSSR count). The standard InChI is InChI=1S/C10H21NO4/c1-10(2,3)15-9(12)8(11)7-14-6-5-13-4/h8H,5-7,11H2,1-4H3. The van der Waals surface area contributed by atoms with Crippen molar-refractivity contribution in [2.75, 3.05) is 26.9 Å². The van der Waals surface area contributed by atoms with Crippen LogP contribution in [0.25, 0.3) is 0 Å². The van der Waals surface area contributed by atoms with Crippen molar-refractivity contribution in [3.05, 3.63) is 0 Å². The molecule has 0 fully saturated rings. The van der Waals surface area contributed by atoms with Crippen LogP contribution in [-0.4, -0.2) is 44.5 Å². The minimum atomic E-state index is -0.735. The van der Waals surface area contributed by atoms with Gasteiger partial charge in [-0.05, 0) is 20.8 Å². The Morgan fingerprint density at radius 1 is 1.33 bits per heavy atom. The summed E-state index contributed by atoms with van der Waals surface area (Å²) in [4.78, 5) is 11.4. The molecule has 5 heteroatoms. The van der Waals surface area contributed by atoms with Gasteiger partial charge in [0, 0.05) is 7.11 Å². The second-order valence-corrected chi connectivity index (χ2v) is 4.21. The van der Waals surface area contributed by atoms with Crippen LogP contribution < -0.4 is 5.73 Å². The molecule has 0 aromatic heterocycles. The van der Waals surface area contributed by atoms with E-state index in [-0.39, 0.29) is 6.61 Å². The lowest BCUT2D eigenvalue weighted by Crippen LogP contribution is -2.40. The highest BCUT2D eigenvalue weighted by atomic mass is 16.6. The average molecular weight is 219 g/mol. The molecule has 0 amide bonds. The van der Waals surface area contributed by atoms with E-state index in [1.54, 1.807) is 27.9 Å². The van der Waals surface area contributed by atoms with E-state index < -0.39 is 17.6 Å². The summed E-state index contributed by atoms with van der Waals surface area (Å²) in [5.74, 6) is -0.445. The third kappa shape index (κ3) is 8.35. The largest absolute Gasteiger partial charge is 0.459 e. The van der Waals surface area contributed by atoms with Crippen LogP contribution in [0.3, 0.4) is 0 Å². The molecule has 0 aromatic carbocycles. The molecule has 90 valence electrons. The summed E-state index contributed by atoms with van der Waals surface area (Å²) in [7, 11) is 1.58. The molecule has 1 atom stereocenters. The zero-order valence-electron chi connectivity index (χ0n) is 9.91. The van der Waals surface area contributed by atoms with Gasteiger partial charge in [-0.2, -0.15) is 0 Å². The van der Waals surface area contributed by atoms with E-state index in [0.29, 0.717) is 13.2 Å². The highest BCUT2D eigenvalue weighted by Gasteiger charge is 2.21. The quantitative estimate of drug-likeness (QED) is 0.514. The molecule has 0 saturated heterocycles. The van der Waals surface area contributed by atoms with Gasteiger partial charge in [0.05, 0.1) is 19.8 Å². The van der Waals surface area contributed by atoms with Crippen molar-refractivity contribution in [3.63, 3.8) is 0 Å². The van der Waals surface area contributed by atoms with Gasteiger partial charge < -0.3 is 19.9 Å². The van der Waals surface area contributed by atoms with Crippen molar-refractivity contribution >= 4 is 5.97 Å². The third-order valence-electron chi connectivity index (χ3n) is 1.44. The number of carbonyl (C=O) groups excluding carboxylic acids is 1. The molecule has 15 heavy (non-hydrogen) atoms. The summed E-state index contributed by atoms with van der Waals surface area (Å²) in [6.45, 7) is 6.45. The van der Waals surface area contributed by atoms with E-state index in [4.69, 9.17) is 19.9 Å². The summed E-state index contributed by atoms with van der Waals surface area (Å²) in [6, 6.07) is -0.735. The van der Waals surface area contributed by atoms with Gasteiger partial charge in [-0.15, -0.1) is 0 Å². The first-order valence-corrected chi connectivity index (χ1v) is 4.92. The molecule has 0 aliphatic carbocycles. The Bertz CT molecular complexity index is 188. The van der Waals surface area contributed by atoms with Crippen LogP contribution in [0.1, 0.15) is 20.8 Å². The third-order valence-corrected chi connectivity index (χ3v) is 1.44. The molecule has 2 N–H and O–H groups in total. The lowest BCUT2D eigenvalue weighted by atomic mass is 10.2. The van der Waals surface area contributed by atoms with Crippen molar-refractivity contribution in [3.8, 4) is 0 Å². The van der Waals surface area contributed by atoms with Crippen molar-refractivity contribution in [1.29, 1.82) is 0 Å². The number of nitrogens with two attached hydrogens (primary N) is 1. The number of methoxy groups -OCH3 is 1. The molecule has 0 radical (unpaired) electrons. The zero-order chi connectivity index (χ0) is 11.9. The molecular formula is C10H21NO4. The molecule has 0 heterocycles. The van der Waals surface area contributed by atoms with Gasteiger partial charge in [-0.3, -0.25) is 4.79 Å². The first-order chi connectivity index (χ1) is 6.87. The van der Waals surface area contributed by atoms with E-state index in [9.17, 15) is 4.79 Å². The summed E-state index contributed by atoms with van der Waals surface area (Å²) in [5.41, 5.74) is 5.05. The summed E-state index contributed by atoms with van der Waals surface area (Å²) < 4.78 is 15.0. The minimum absolute atomic E-state index is 0.151. The van der Waals surface area contributed by atoms with E-state index in [0.717, 1.165) is 0 Å². The molecular weight excluding hydrogens is 198 g/mol. The number of hydrogen-bond acceptors (Lipinski definition) is 5. The van der Waals surface area contributed by atoms with Crippen LogP contribution in [0.2, 0.25) is 0 Å². The van der Waals surface area contributed by atoms with Gasteiger partial charge in [-0.25, -0.2) is 0 Å². The fraction of sp³-hybridized carbons (Fsp3) is 0.900. The smallest absolute Gasteiger partial charge is 0.325 e. The van der Waals surface area contributed by atoms with Crippen LogP contribution in [0, 0.1) is 0 Å².